The molecule has 0 atom stereocenters. The molecule has 0 heterocycles. The molecule has 1 aromatic carbocycles. The number of fused-ring (bicyclic) bond motifs is 1. The monoisotopic (exact) mass is 240 g/mol. The van der Waals surface area contributed by atoms with E-state index >= 15 is 0 Å². The summed E-state index contributed by atoms with van der Waals surface area (Å²) in [5.41, 5.74) is 2.91. The SMILES string of the molecule is COc1ccc2c(c1OC)CCC2=C(C#N)C#N. The zero-order valence-corrected chi connectivity index (χ0v) is 10.3. The number of benzene rings is 1. The second-order valence-corrected chi connectivity index (χ2v) is 3.90. The van der Waals surface area contributed by atoms with E-state index in [2.05, 4.69) is 0 Å². The number of rotatable bonds is 2. The molecule has 0 aromatic heterocycles. The van der Waals surface area contributed by atoms with Crippen molar-refractivity contribution in [3.8, 4) is 23.6 Å². The Hall–Kier alpha value is -2.46. The molecule has 0 bridgehead atoms. The number of allylic oxidation sites excluding steroid dienone is 2. The van der Waals surface area contributed by atoms with Crippen LogP contribution in [0.4, 0.5) is 0 Å². The van der Waals surface area contributed by atoms with Crippen molar-refractivity contribution < 1.29 is 9.47 Å². The maximum atomic E-state index is 8.95. The van der Waals surface area contributed by atoms with Gasteiger partial charge in [0.05, 0.1) is 14.2 Å². The highest BCUT2D eigenvalue weighted by atomic mass is 16.5. The average Bonchev–Trinajstić information content (AvgIpc) is 2.83. The van der Waals surface area contributed by atoms with Gasteiger partial charge in [-0.3, -0.25) is 0 Å². The fourth-order valence-electron chi connectivity index (χ4n) is 2.33. The third kappa shape index (κ3) is 1.69. The predicted octanol–water partition coefficient (Wildman–Crippen LogP) is 2.45. The molecule has 0 saturated heterocycles. The Labute approximate surface area is 106 Å². The first-order valence-electron chi connectivity index (χ1n) is 5.54. The Morgan fingerprint density at radius 3 is 2.39 bits per heavy atom. The summed E-state index contributed by atoms with van der Waals surface area (Å²) in [6, 6.07) is 7.58. The minimum Gasteiger partial charge on any atom is -0.493 e. The van der Waals surface area contributed by atoms with Crippen molar-refractivity contribution in [1.29, 1.82) is 10.5 Å². The number of nitrogens with zero attached hydrogens (tertiary/aromatic N) is 2. The van der Waals surface area contributed by atoms with Crippen molar-refractivity contribution in [2.45, 2.75) is 12.8 Å². The molecular weight excluding hydrogens is 228 g/mol. The van der Waals surface area contributed by atoms with Gasteiger partial charge in [-0.15, -0.1) is 0 Å². The largest absolute Gasteiger partial charge is 0.493 e. The van der Waals surface area contributed by atoms with Gasteiger partial charge in [0.2, 0.25) is 0 Å². The van der Waals surface area contributed by atoms with E-state index in [-0.39, 0.29) is 5.57 Å². The van der Waals surface area contributed by atoms with Crippen LogP contribution in [0.25, 0.3) is 5.57 Å². The van der Waals surface area contributed by atoms with Crippen LogP contribution in [0, 0.1) is 22.7 Å². The minimum absolute atomic E-state index is 0.181. The highest BCUT2D eigenvalue weighted by molar-refractivity contribution is 5.82. The van der Waals surface area contributed by atoms with Gasteiger partial charge < -0.3 is 9.47 Å². The first-order valence-corrected chi connectivity index (χ1v) is 5.54. The minimum atomic E-state index is 0.181. The molecule has 1 aliphatic carbocycles. The molecule has 4 heteroatoms. The molecule has 90 valence electrons. The number of methoxy groups -OCH3 is 2. The molecular formula is C14H12N2O2. The van der Waals surface area contributed by atoms with Gasteiger partial charge in [0.1, 0.15) is 17.7 Å². The van der Waals surface area contributed by atoms with Gasteiger partial charge in [0.15, 0.2) is 11.5 Å². The van der Waals surface area contributed by atoms with E-state index in [1.807, 2.05) is 18.2 Å². The Kier molecular flexibility index (Phi) is 3.21. The second-order valence-electron chi connectivity index (χ2n) is 3.90. The van der Waals surface area contributed by atoms with E-state index in [1.54, 1.807) is 20.3 Å². The van der Waals surface area contributed by atoms with Gasteiger partial charge in [0.25, 0.3) is 0 Å². The Morgan fingerprint density at radius 1 is 1.11 bits per heavy atom. The van der Waals surface area contributed by atoms with Gasteiger partial charge in [0, 0.05) is 5.56 Å². The van der Waals surface area contributed by atoms with Gasteiger partial charge in [-0.1, -0.05) is 6.07 Å². The molecule has 4 nitrogen and oxygen atoms in total. The number of ether oxygens (including phenoxy) is 2. The molecule has 2 rings (SSSR count). The van der Waals surface area contributed by atoms with E-state index in [4.69, 9.17) is 20.0 Å². The Bertz CT molecular complexity index is 587. The standard InChI is InChI=1S/C14H12N2O2/c1-17-13-6-5-11-10(9(7-15)8-16)3-4-12(11)14(13)18-2/h5-6H,3-4H2,1-2H3. The normalized spacial score (nSPS) is 12.3. The third-order valence-corrected chi connectivity index (χ3v) is 3.12. The van der Waals surface area contributed by atoms with E-state index in [1.165, 1.54) is 0 Å². The highest BCUT2D eigenvalue weighted by Gasteiger charge is 2.25. The molecule has 18 heavy (non-hydrogen) atoms. The lowest BCUT2D eigenvalue weighted by Gasteiger charge is -2.12. The van der Waals surface area contributed by atoms with Crippen LogP contribution in [0.15, 0.2) is 17.7 Å². The van der Waals surface area contributed by atoms with Crippen molar-refractivity contribution in [2.75, 3.05) is 14.2 Å². The molecule has 0 aliphatic heterocycles. The molecule has 0 radical (unpaired) electrons. The van der Waals surface area contributed by atoms with Gasteiger partial charge >= 0.3 is 0 Å². The van der Waals surface area contributed by atoms with Crippen molar-refractivity contribution >= 4 is 5.57 Å². The van der Waals surface area contributed by atoms with Crippen molar-refractivity contribution in [3.63, 3.8) is 0 Å². The molecule has 1 aromatic rings. The lowest BCUT2D eigenvalue weighted by molar-refractivity contribution is 0.352. The summed E-state index contributed by atoms with van der Waals surface area (Å²) in [5, 5.41) is 17.9. The van der Waals surface area contributed by atoms with Crippen molar-refractivity contribution in [3.05, 3.63) is 28.8 Å². The van der Waals surface area contributed by atoms with Crippen LogP contribution in [-0.2, 0) is 6.42 Å². The number of hydrogen-bond acceptors (Lipinski definition) is 4. The summed E-state index contributed by atoms with van der Waals surface area (Å²) in [6.07, 6.45) is 1.45. The smallest absolute Gasteiger partial charge is 0.164 e. The van der Waals surface area contributed by atoms with Crippen LogP contribution < -0.4 is 9.47 Å². The molecule has 1 aliphatic rings. The molecule has 0 unspecified atom stereocenters. The molecule has 0 N–H and O–H groups in total. The molecule has 0 spiro atoms. The summed E-state index contributed by atoms with van der Waals surface area (Å²) in [7, 11) is 3.18. The van der Waals surface area contributed by atoms with E-state index in [0.29, 0.717) is 17.9 Å². The summed E-state index contributed by atoms with van der Waals surface area (Å²) in [5.74, 6) is 1.37. The van der Waals surface area contributed by atoms with Crippen LogP contribution in [0.5, 0.6) is 11.5 Å². The molecule has 0 fully saturated rings. The van der Waals surface area contributed by atoms with Crippen molar-refractivity contribution in [1.82, 2.24) is 0 Å². The Morgan fingerprint density at radius 2 is 1.83 bits per heavy atom. The predicted molar refractivity (Wildman–Crippen MR) is 66.0 cm³/mol. The zero-order chi connectivity index (χ0) is 13.1. The third-order valence-electron chi connectivity index (χ3n) is 3.12. The lowest BCUT2D eigenvalue weighted by Crippen LogP contribution is -1.95. The van der Waals surface area contributed by atoms with E-state index in [9.17, 15) is 0 Å². The number of hydrogen-bond donors (Lipinski definition) is 0. The summed E-state index contributed by atoms with van der Waals surface area (Å²) >= 11 is 0. The van der Waals surface area contributed by atoms with Gasteiger partial charge in [-0.25, -0.2) is 0 Å². The maximum absolute atomic E-state index is 8.95. The van der Waals surface area contributed by atoms with Crippen LogP contribution in [-0.4, -0.2) is 14.2 Å². The van der Waals surface area contributed by atoms with Crippen LogP contribution in [0.3, 0.4) is 0 Å². The number of nitriles is 2. The fraction of sp³-hybridized carbons (Fsp3) is 0.286. The summed E-state index contributed by atoms with van der Waals surface area (Å²) < 4.78 is 10.6. The molecule has 0 saturated carbocycles. The summed E-state index contributed by atoms with van der Waals surface area (Å²) in [4.78, 5) is 0. The van der Waals surface area contributed by atoms with Gasteiger partial charge in [-0.2, -0.15) is 10.5 Å². The zero-order valence-electron chi connectivity index (χ0n) is 10.3. The van der Waals surface area contributed by atoms with E-state index < -0.39 is 0 Å². The van der Waals surface area contributed by atoms with E-state index in [0.717, 1.165) is 23.1 Å². The Balaban J connectivity index is 2.66. The van der Waals surface area contributed by atoms with Crippen LogP contribution in [0.1, 0.15) is 17.5 Å². The average molecular weight is 240 g/mol. The van der Waals surface area contributed by atoms with Gasteiger partial charge in [-0.05, 0) is 30.0 Å². The van der Waals surface area contributed by atoms with Crippen LogP contribution >= 0.6 is 0 Å². The second kappa shape index (κ2) is 4.81. The fourth-order valence-corrected chi connectivity index (χ4v) is 2.33. The first-order chi connectivity index (χ1) is 8.76. The van der Waals surface area contributed by atoms with Crippen molar-refractivity contribution in [2.24, 2.45) is 0 Å². The quantitative estimate of drug-likeness (QED) is 0.745. The molecule has 0 amide bonds. The van der Waals surface area contributed by atoms with Crippen LogP contribution in [0.2, 0.25) is 0 Å². The lowest BCUT2D eigenvalue weighted by atomic mass is 10.0. The maximum Gasteiger partial charge on any atom is 0.164 e. The first kappa shape index (κ1) is 12.0. The topological polar surface area (TPSA) is 66.0 Å². The highest BCUT2D eigenvalue weighted by Crippen LogP contribution is 2.43. The summed E-state index contributed by atoms with van der Waals surface area (Å²) in [6.45, 7) is 0.